The van der Waals surface area contributed by atoms with Crippen LogP contribution in [0.15, 0.2) is 12.1 Å². The molecule has 0 aliphatic carbocycles. The van der Waals surface area contributed by atoms with Crippen molar-refractivity contribution in [1.82, 2.24) is 15.5 Å². The van der Waals surface area contributed by atoms with Crippen LogP contribution >= 0.6 is 0 Å². The normalized spacial score (nSPS) is 12.6. The largest absolute Gasteiger partial charge is 0.390 e. The van der Waals surface area contributed by atoms with Crippen LogP contribution in [0, 0.1) is 0 Å². The van der Waals surface area contributed by atoms with Gasteiger partial charge in [-0.05, 0) is 32.9 Å². The summed E-state index contributed by atoms with van der Waals surface area (Å²) in [6.45, 7) is 6.57. The molecular formula is C13H21F3N4. The molecule has 0 aliphatic rings. The first-order chi connectivity index (χ1) is 9.07. The van der Waals surface area contributed by atoms with Gasteiger partial charge in [0.1, 0.15) is 0 Å². The lowest BCUT2D eigenvalue weighted by molar-refractivity contribution is -0.132. The van der Waals surface area contributed by atoms with Gasteiger partial charge in [-0.2, -0.15) is 18.3 Å². The lowest BCUT2D eigenvalue weighted by Gasteiger charge is -2.21. The molecule has 114 valence electrons. The van der Waals surface area contributed by atoms with Crippen molar-refractivity contribution in [3.63, 3.8) is 0 Å². The zero-order chi connectivity index (χ0) is 15.4. The molecule has 0 unspecified atom stereocenters. The first kappa shape index (κ1) is 16.7. The highest BCUT2D eigenvalue weighted by atomic mass is 19.4. The third-order valence-electron chi connectivity index (χ3n) is 2.63. The van der Waals surface area contributed by atoms with E-state index in [2.05, 4.69) is 15.5 Å². The van der Waals surface area contributed by atoms with Crippen molar-refractivity contribution in [2.45, 2.75) is 45.5 Å². The van der Waals surface area contributed by atoms with E-state index in [1.54, 1.807) is 19.2 Å². The number of alkyl halides is 3. The van der Waals surface area contributed by atoms with Gasteiger partial charge in [0.15, 0.2) is 5.82 Å². The lowest BCUT2D eigenvalue weighted by Crippen LogP contribution is -2.35. The molecule has 0 radical (unpaired) electrons. The van der Waals surface area contributed by atoms with E-state index in [1.165, 1.54) is 4.90 Å². The summed E-state index contributed by atoms with van der Waals surface area (Å²) in [7, 11) is 1.57. The van der Waals surface area contributed by atoms with Gasteiger partial charge in [-0.3, -0.25) is 0 Å². The second-order valence-corrected chi connectivity index (χ2v) is 5.77. The van der Waals surface area contributed by atoms with E-state index in [-0.39, 0.29) is 12.1 Å². The van der Waals surface area contributed by atoms with Crippen molar-refractivity contribution in [3.8, 4) is 0 Å². The van der Waals surface area contributed by atoms with Crippen LogP contribution < -0.4 is 10.2 Å². The van der Waals surface area contributed by atoms with Crippen molar-refractivity contribution < 1.29 is 13.2 Å². The molecule has 7 heteroatoms. The average molecular weight is 290 g/mol. The summed E-state index contributed by atoms with van der Waals surface area (Å²) in [5, 5.41) is 11.2. The Morgan fingerprint density at radius 2 is 1.80 bits per heavy atom. The van der Waals surface area contributed by atoms with E-state index >= 15 is 0 Å². The summed E-state index contributed by atoms with van der Waals surface area (Å²) in [4.78, 5) is 1.45. The van der Waals surface area contributed by atoms with Gasteiger partial charge in [-0.1, -0.05) is 0 Å². The van der Waals surface area contributed by atoms with Gasteiger partial charge in [0.2, 0.25) is 0 Å². The fraction of sp³-hybridized carbons (Fsp3) is 0.692. The molecule has 0 bridgehead atoms. The number of halogens is 3. The zero-order valence-corrected chi connectivity index (χ0v) is 12.3. The third-order valence-corrected chi connectivity index (χ3v) is 2.63. The molecule has 20 heavy (non-hydrogen) atoms. The topological polar surface area (TPSA) is 41.0 Å². The average Bonchev–Trinajstić information content (AvgIpc) is 2.32. The van der Waals surface area contributed by atoms with Gasteiger partial charge in [0.25, 0.3) is 0 Å². The molecule has 4 nitrogen and oxygen atoms in total. The molecule has 1 N–H and O–H groups in total. The number of anilines is 1. The molecular weight excluding hydrogens is 269 g/mol. The summed E-state index contributed by atoms with van der Waals surface area (Å²) in [6.07, 6.45) is -5.02. The highest BCUT2D eigenvalue weighted by Crippen LogP contribution is 2.20. The second-order valence-electron chi connectivity index (χ2n) is 5.77. The fourth-order valence-electron chi connectivity index (χ4n) is 1.42. The van der Waals surface area contributed by atoms with Gasteiger partial charge in [-0.25, -0.2) is 0 Å². The molecule has 0 aliphatic heterocycles. The Kier molecular flexibility index (Phi) is 5.33. The highest BCUT2D eigenvalue weighted by Gasteiger charge is 2.27. The molecule has 0 saturated heterocycles. The molecule has 0 saturated carbocycles. The molecule has 1 rings (SSSR count). The Bertz CT molecular complexity index is 409. The maximum atomic E-state index is 12.1. The summed E-state index contributed by atoms with van der Waals surface area (Å²) in [6, 6.07) is 3.45. The number of rotatable bonds is 5. The van der Waals surface area contributed by atoms with E-state index in [1.807, 2.05) is 20.8 Å². The monoisotopic (exact) mass is 290 g/mol. The summed E-state index contributed by atoms with van der Waals surface area (Å²) in [5.74, 6) is 0.439. The number of hydrogen-bond acceptors (Lipinski definition) is 4. The van der Waals surface area contributed by atoms with Crippen LogP contribution in [0.25, 0.3) is 0 Å². The number of nitrogens with one attached hydrogen (secondary N) is 1. The fourth-order valence-corrected chi connectivity index (χ4v) is 1.42. The van der Waals surface area contributed by atoms with Crippen molar-refractivity contribution in [2.24, 2.45) is 0 Å². The molecule has 0 amide bonds. The van der Waals surface area contributed by atoms with Crippen LogP contribution in [0.4, 0.5) is 19.0 Å². The maximum absolute atomic E-state index is 12.1. The smallest absolute Gasteiger partial charge is 0.358 e. The van der Waals surface area contributed by atoms with Gasteiger partial charge >= 0.3 is 6.18 Å². The van der Waals surface area contributed by atoms with Crippen LogP contribution in [0.3, 0.4) is 0 Å². The second kappa shape index (κ2) is 6.39. The molecule has 0 atom stereocenters. The number of nitrogens with zero attached hydrogens (tertiary/aromatic N) is 3. The minimum Gasteiger partial charge on any atom is -0.358 e. The van der Waals surface area contributed by atoms with E-state index in [0.717, 1.165) is 5.69 Å². The minimum atomic E-state index is -4.15. The Morgan fingerprint density at radius 1 is 1.15 bits per heavy atom. The van der Waals surface area contributed by atoms with E-state index in [9.17, 15) is 13.2 Å². The zero-order valence-electron chi connectivity index (χ0n) is 12.3. The predicted molar refractivity (Wildman–Crippen MR) is 72.6 cm³/mol. The van der Waals surface area contributed by atoms with Crippen molar-refractivity contribution in [3.05, 3.63) is 17.8 Å². The number of aromatic nitrogens is 2. The van der Waals surface area contributed by atoms with E-state index in [4.69, 9.17) is 0 Å². The van der Waals surface area contributed by atoms with Crippen LogP contribution in [-0.2, 0) is 6.54 Å². The predicted octanol–water partition coefficient (Wildman–Crippen LogP) is 2.75. The van der Waals surface area contributed by atoms with Gasteiger partial charge < -0.3 is 10.2 Å². The van der Waals surface area contributed by atoms with Gasteiger partial charge in [0.05, 0.1) is 12.1 Å². The maximum Gasteiger partial charge on any atom is 0.390 e. The van der Waals surface area contributed by atoms with Crippen LogP contribution in [0.2, 0.25) is 0 Å². The van der Waals surface area contributed by atoms with Crippen LogP contribution in [0.5, 0.6) is 0 Å². The Balaban J connectivity index is 2.53. The van der Waals surface area contributed by atoms with Crippen molar-refractivity contribution >= 4 is 5.82 Å². The molecule has 1 heterocycles. The highest BCUT2D eigenvalue weighted by molar-refractivity contribution is 5.35. The van der Waals surface area contributed by atoms with E-state index < -0.39 is 12.6 Å². The molecule has 1 aromatic rings. The van der Waals surface area contributed by atoms with E-state index in [0.29, 0.717) is 12.4 Å². The Hall–Kier alpha value is -1.37. The molecule has 1 aromatic heterocycles. The SMILES string of the molecule is CN(CCC(F)(F)F)c1ccc(CNC(C)(C)C)nn1. The van der Waals surface area contributed by atoms with Crippen molar-refractivity contribution in [1.29, 1.82) is 0 Å². The van der Waals surface area contributed by atoms with Crippen LogP contribution in [-0.4, -0.2) is 35.5 Å². The van der Waals surface area contributed by atoms with Crippen molar-refractivity contribution in [2.75, 3.05) is 18.5 Å². The molecule has 0 aromatic carbocycles. The Morgan fingerprint density at radius 3 is 2.25 bits per heavy atom. The van der Waals surface area contributed by atoms with Crippen LogP contribution in [0.1, 0.15) is 32.9 Å². The summed E-state index contributed by atoms with van der Waals surface area (Å²) < 4.78 is 36.4. The number of hydrogen-bond donors (Lipinski definition) is 1. The molecule has 0 spiro atoms. The summed E-state index contributed by atoms with van der Waals surface area (Å²) >= 11 is 0. The minimum absolute atomic E-state index is 0.0240. The first-order valence-electron chi connectivity index (χ1n) is 6.42. The quantitative estimate of drug-likeness (QED) is 0.905. The lowest BCUT2D eigenvalue weighted by atomic mass is 10.1. The first-order valence-corrected chi connectivity index (χ1v) is 6.42. The standard InChI is InChI=1S/C13H21F3N4/c1-12(2,3)17-9-10-5-6-11(19-18-10)20(4)8-7-13(14,15)16/h5-6,17H,7-9H2,1-4H3. The van der Waals surface area contributed by atoms with Gasteiger partial charge in [0, 0.05) is 25.7 Å². The van der Waals surface area contributed by atoms with Gasteiger partial charge in [-0.15, -0.1) is 5.10 Å². The molecule has 0 fully saturated rings. The Labute approximate surface area is 117 Å². The third kappa shape index (κ3) is 6.70. The summed E-state index contributed by atoms with van der Waals surface area (Å²) in [5.41, 5.74) is 0.733.